The maximum atomic E-state index is 13.4. The Kier molecular flexibility index (Phi) is 11.8. The number of aliphatic hydroxyl groups excluding tert-OH is 1. The second-order valence-corrected chi connectivity index (χ2v) is 11.7. The lowest BCUT2D eigenvalue weighted by Gasteiger charge is -2.36. The number of rotatable bonds is 12. The fraction of sp³-hybridized carbons (Fsp3) is 0.692. The first-order valence-electron chi connectivity index (χ1n) is 12.8. The molecule has 2 amide bonds. The van der Waals surface area contributed by atoms with Crippen LogP contribution in [0.2, 0.25) is 0 Å². The third kappa shape index (κ3) is 8.35. The van der Waals surface area contributed by atoms with Gasteiger partial charge in [0.2, 0.25) is 11.8 Å². The smallest absolute Gasteiger partial charge is 0.391 e. The van der Waals surface area contributed by atoms with Crippen LogP contribution in [0.25, 0.3) is 0 Å². The number of anilines is 1. The van der Waals surface area contributed by atoms with Gasteiger partial charge in [-0.1, -0.05) is 65.2 Å². The summed E-state index contributed by atoms with van der Waals surface area (Å²) in [5, 5.41) is 13.4. The molecule has 5 atom stereocenters. The molecule has 0 bridgehead atoms. The Morgan fingerprint density at radius 2 is 1.69 bits per heavy atom. The highest BCUT2D eigenvalue weighted by Crippen LogP contribution is 2.40. The molecular formula is C26H43N3O5P+. The van der Waals surface area contributed by atoms with Gasteiger partial charge in [0.05, 0.1) is 12.1 Å². The van der Waals surface area contributed by atoms with Gasteiger partial charge in [0.1, 0.15) is 6.04 Å². The van der Waals surface area contributed by atoms with Crippen LogP contribution in [0.3, 0.4) is 0 Å². The van der Waals surface area contributed by atoms with Crippen molar-refractivity contribution in [3.8, 4) is 0 Å². The number of amides is 2. The van der Waals surface area contributed by atoms with Gasteiger partial charge in [0.25, 0.3) is 0 Å². The van der Waals surface area contributed by atoms with E-state index in [4.69, 9.17) is 5.73 Å². The van der Waals surface area contributed by atoms with Gasteiger partial charge >= 0.3 is 8.03 Å². The quantitative estimate of drug-likeness (QED) is 0.319. The maximum absolute atomic E-state index is 13.4. The molecular weight excluding hydrogens is 465 g/mol. The van der Waals surface area contributed by atoms with Crippen LogP contribution in [0.1, 0.15) is 66.2 Å². The molecule has 0 saturated heterocycles. The van der Waals surface area contributed by atoms with Crippen molar-refractivity contribution < 1.29 is 24.2 Å². The minimum Gasteiger partial charge on any atom is -0.391 e. The average molecular weight is 509 g/mol. The van der Waals surface area contributed by atoms with E-state index >= 15 is 0 Å². The van der Waals surface area contributed by atoms with Crippen molar-refractivity contribution in [2.24, 2.45) is 23.5 Å². The van der Waals surface area contributed by atoms with E-state index in [0.29, 0.717) is 5.69 Å². The van der Waals surface area contributed by atoms with Crippen molar-refractivity contribution in [2.45, 2.75) is 90.1 Å². The highest BCUT2D eigenvalue weighted by Gasteiger charge is 2.40. The largest absolute Gasteiger partial charge is 0.509 e. The zero-order valence-electron chi connectivity index (χ0n) is 21.5. The van der Waals surface area contributed by atoms with Gasteiger partial charge in [-0.15, -0.1) is 0 Å². The van der Waals surface area contributed by atoms with E-state index in [2.05, 4.69) is 5.32 Å². The summed E-state index contributed by atoms with van der Waals surface area (Å²) in [4.78, 5) is 38.1. The van der Waals surface area contributed by atoms with E-state index in [1.165, 1.54) is 4.90 Å². The summed E-state index contributed by atoms with van der Waals surface area (Å²) in [6, 6.07) is 7.39. The van der Waals surface area contributed by atoms with Crippen LogP contribution >= 0.6 is 8.03 Å². The normalized spacial score (nSPS) is 18.6. The van der Waals surface area contributed by atoms with Gasteiger partial charge in [-0.2, -0.15) is 4.89 Å². The van der Waals surface area contributed by atoms with Crippen molar-refractivity contribution in [1.82, 2.24) is 5.32 Å². The lowest BCUT2D eigenvalue weighted by atomic mass is 9.85. The van der Waals surface area contributed by atoms with Crippen molar-refractivity contribution in [3.63, 3.8) is 0 Å². The third-order valence-electron chi connectivity index (χ3n) is 6.96. The molecule has 2 unspecified atom stereocenters. The third-order valence-corrected chi connectivity index (χ3v) is 8.16. The minimum atomic E-state index is -2.42. The van der Waals surface area contributed by atoms with E-state index < -0.39 is 37.8 Å². The number of hydrogen-bond acceptors (Lipinski definition) is 5. The molecule has 0 radical (unpaired) electrons. The molecule has 196 valence electrons. The Bertz CT molecular complexity index is 830. The number of nitrogens with zero attached hydrogens (tertiary/aromatic N) is 1. The molecule has 5 N–H and O–H groups in total. The summed E-state index contributed by atoms with van der Waals surface area (Å²) in [5.41, 5.74) is 6.30. The van der Waals surface area contributed by atoms with Crippen LogP contribution < -0.4 is 16.0 Å². The number of hydrogen-bond donors (Lipinski definition) is 4. The Hall–Kier alpha value is -1.86. The fourth-order valence-corrected chi connectivity index (χ4v) is 5.93. The predicted octanol–water partition coefficient (Wildman–Crippen LogP) is 3.58. The molecule has 0 aliphatic heterocycles. The van der Waals surface area contributed by atoms with Crippen LogP contribution in [-0.4, -0.2) is 52.2 Å². The molecule has 1 aromatic rings. The number of nitrogens with two attached hydrogens (primary N) is 1. The van der Waals surface area contributed by atoms with Crippen molar-refractivity contribution >= 4 is 25.5 Å². The molecule has 0 spiro atoms. The van der Waals surface area contributed by atoms with E-state index in [1.807, 2.05) is 33.8 Å². The zero-order valence-corrected chi connectivity index (χ0v) is 22.4. The lowest BCUT2D eigenvalue weighted by Crippen LogP contribution is -2.58. The number of carbonyl (C=O) groups excluding carboxylic acids is 2. The van der Waals surface area contributed by atoms with Crippen LogP contribution in [0.4, 0.5) is 5.69 Å². The highest BCUT2D eigenvalue weighted by molar-refractivity contribution is 7.38. The Balaban J connectivity index is 2.15. The van der Waals surface area contributed by atoms with E-state index in [-0.39, 0.29) is 36.6 Å². The monoisotopic (exact) mass is 508 g/mol. The highest BCUT2D eigenvalue weighted by atomic mass is 31.1. The minimum absolute atomic E-state index is 0.0541. The second kappa shape index (κ2) is 14.0. The molecule has 8 nitrogen and oxygen atoms in total. The summed E-state index contributed by atoms with van der Waals surface area (Å²) in [7, 11) is -2.42. The second-order valence-electron chi connectivity index (χ2n) is 10.4. The Morgan fingerprint density at radius 1 is 1.09 bits per heavy atom. The number of carbonyl (C=O) groups is 2. The van der Waals surface area contributed by atoms with Crippen LogP contribution in [0, 0.1) is 17.8 Å². The maximum Gasteiger partial charge on any atom is 0.509 e. The number of para-hydroxylation sites is 1. The predicted molar refractivity (Wildman–Crippen MR) is 139 cm³/mol. The van der Waals surface area contributed by atoms with E-state index in [0.717, 1.165) is 32.1 Å². The summed E-state index contributed by atoms with van der Waals surface area (Å²) >= 11 is 0. The van der Waals surface area contributed by atoms with E-state index in [1.54, 1.807) is 24.3 Å². The van der Waals surface area contributed by atoms with Gasteiger partial charge in [-0.25, -0.2) is 0 Å². The summed E-state index contributed by atoms with van der Waals surface area (Å²) in [6.07, 6.45) is 4.20. The van der Waals surface area contributed by atoms with Crippen molar-refractivity contribution in [3.05, 3.63) is 30.3 Å². The Morgan fingerprint density at radius 3 is 2.20 bits per heavy atom. The first kappa shape index (κ1) is 29.4. The lowest BCUT2D eigenvalue weighted by molar-refractivity contribution is -0.128. The molecule has 1 fully saturated rings. The molecule has 1 saturated carbocycles. The SMILES string of the molecule is CC(C)[C@H](N)C(=O)N(c1ccccc1)[C@H](C(=O)NC[C@H](O)CC(C1CCCCC1)[P+](=O)O)C(C)C. The zero-order chi connectivity index (χ0) is 26.1. The molecule has 2 rings (SSSR count). The first-order valence-corrected chi connectivity index (χ1v) is 14.1. The summed E-state index contributed by atoms with van der Waals surface area (Å²) in [6.45, 7) is 7.39. The van der Waals surface area contributed by atoms with Crippen molar-refractivity contribution in [1.29, 1.82) is 0 Å². The van der Waals surface area contributed by atoms with Gasteiger partial charge in [0, 0.05) is 24.6 Å². The van der Waals surface area contributed by atoms with E-state index in [9.17, 15) is 24.2 Å². The van der Waals surface area contributed by atoms with Crippen LogP contribution in [-0.2, 0) is 14.2 Å². The molecule has 1 aromatic carbocycles. The molecule has 1 aliphatic carbocycles. The van der Waals surface area contributed by atoms with Crippen LogP contribution in [0.15, 0.2) is 30.3 Å². The number of benzene rings is 1. The summed E-state index contributed by atoms with van der Waals surface area (Å²) in [5.74, 6) is -0.943. The van der Waals surface area contributed by atoms with Gasteiger partial charge in [-0.05, 0) is 41.4 Å². The van der Waals surface area contributed by atoms with Gasteiger partial charge in [-0.3, -0.25) is 14.5 Å². The molecule has 0 aromatic heterocycles. The topological polar surface area (TPSA) is 133 Å². The average Bonchev–Trinajstić information content (AvgIpc) is 2.83. The molecule has 35 heavy (non-hydrogen) atoms. The van der Waals surface area contributed by atoms with Gasteiger partial charge < -0.3 is 16.2 Å². The first-order chi connectivity index (χ1) is 16.5. The molecule has 0 heterocycles. The molecule has 9 heteroatoms. The van der Waals surface area contributed by atoms with Gasteiger partial charge in [0.15, 0.2) is 5.66 Å². The molecule has 1 aliphatic rings. The fourth-order valence-electron chi connectivity index (χ4n) is 4.84. The number of nitrogens with one attached hydrogen (secondary N) is 1. The Labute approximate surface area is 210 Å². The van der Waals surface area contributed by atoms with Crippen LogP contribution in [0.5, 0.6) is 0 Å². The van der Waals surface area contributed by atoms with Crippen molar-refractivity contribution in [2.75, 3.05) is 11.4 Å². The summed E-state index contributed by atoms with van der Waals surface area (Å²) < 4.78 is 12.0. The standard InChI is InChI=1S/C26H42N3O5P/c1-17(2)23(27)26(32)29(20-13-9-6-10-14-20)24(18(3)4)25(31)28-16-21(30)15-22(35(33)34)19-11-7-5-8-12-19/h6,9-10,13-14,17-19,21-24,30H,5,7-8,11-12,15-16,27H2,1-4H3,(H-,28,31,33,34)/p+1/t21-,22?,23+,24+/m1/s1. The number of aliphatic hydroxyl groups is 1.